The van der Waals surface area contributed by atoms with Crippen LogP contribution in [0.3, 0.4) is 0 Å². The molecule has 2 amide bonds. The molecule has 9 nitrogen and oxygen atoms in total. The average molecular weight is 575 g/mol. The van der Waals surface area contributed by atoms with Crippen molar-refractivity contribution in [2.45, 2.75) is 70.8 Å². The molecule has 1 heterocycles. The van der Waals surface area contributed by atoms with Gasteiger partial charge in [0.05, 0.1) is 11.8 Å². The molecule has 0 spiro atoms. The summed E-state index contributed by atoms with van der Waals surface area (Å²) in [6.07, 6.45) is -2.92. The van der Waals surface area contributed by atoms with Crippen LogP contribution in [0, 0.1) is 0 Å². The number of nitrogens with one attached hydrogen (secondary N) is 2. The Morgan fingerprint density at radius 1 is 1.05 bits per heavy atom. The number of halogens is 3. The largest absolute Gasteiger partial charge is 0.449 e. The smallest absolute Gasteiger partial charge is 0.425 e. The van der Waals surface area contributed by atoms with Crippen LogP contribution in [-0.2, 0) is 28.9 Å². The second kappa shape index (κ2) is 14.4. The first kappa shape index (κ1) is 31.3. The summed E-state index contributed by atoms with van der Waals surface area (Å²) in [5, 5.41) is 11.9. The van der Waals surface area contributed by atoms with Gasteiger partial charge in [-0.05, 0) is 43.0 Å². The summed E-state index contributed by atoms with van der Waals surface area (Å²) in [7, 11) is 0. The minimum absolute atomic E-state index is 0.0365. The summed E-state index contributed by atoms with van der Waals surface area (Å²) in [4.78, 5) is 41.9. The molecule has 0 aliphatic heterocycles. The molecule has 2 unspecified atom stereocenters. The molecule has 0 fully saturated rings. The van der Waals surface area contributed by atoms with Gasteiger partial charge in [0.25, 0.3) is 5.91 Å². The fourth-order valence-electron chi connectivity index (χ4n) is 4.13. The lowest BCUT2D eigenvalue weighted by Gasteiger charge is -2.19. The van der Waals surface area contributed by atoms with Crippen LogP contribution in [-0.4, -0.2) is 50.9 Å². The van der Waals surface area contributed by atoms with Crippen LogP contribution < -0.4 is 10.8 Å². The number of alkyl halides is 3. The lowest BCUT2D eigenvalue weighted by molar-refractivity contribution is -0.198. The Morgan fingerprint density at radius 2 is 1.73 bits per heavy atom. The second-order valence-corrected chi connectivity index (χ2v) is 9.63. The predicted octanol–water partition coefficient (Wildman–Crippen LogP) is 4.62. The summed E-state index contributed by atoms with van der Waals surface area (Å²) in [5.41, 5.74) is 3.38. The highest BCUT2D eigenvalue weighted by atomic mass is 19.4. The standard InChI is InChI=1S/C29H33F3N4O5/c1-3-4-10-25-33-17-24(27(38)34-23(16-26(37)35-40)15-20-8-6-5-7-9-20)36(25)18-21-11-13-22(14-12-21)28(39)41-19(2)29(30,31)32/h5-9,11-14,17,19,23,40H,3-4,10,15-16,18H2,1-2H3,(H,34,38)(H,35,37). The van der Waals surface area contributed by atoms with Crippen LogP contribution in [0.2, 0.25) is 0 Å². The van der Waals surface area contributed by atoms with Gasteiger partial charge in [-0.25, -0.2) is 15.3 Å². The van der Waals surface area contributed by atoms with Crippen molar-refractivity contribution in [3.05, 3.63) is 89.0 Å². The van der Waals surface area contributed by atoms with Gasteiger partial charge in [0.2, 0.25) is 5.91 Å². The summed E-state index contributed by atoms with van der Waals surface area (Å²) < 4.78 is 44.5. The van der Waals surface area contributed by atoms with E-state index in [2.05, 4.69) is 15.0 Å². The molecule has 2 aromatic carbocycles. The number of nitrogens with zero attached hydrogens (tertiary/aromatic N) is 2. The molecule has 0 saturated carbocycles. The van der Waals surface area contributed by atoms with E-state index in [-0.39, 0.29) is 24.2 Å². The number of carbonyl (C=O) groups excluding carboxylic acids is 3. The zero-order valence-corrected chi connectivity index (χ0v) is 22.8. The van der Waals surface area contributed by atoms with Gasteiger partial charge in [-0.3, -0.25) is 14.8 Å². The van der Waals surface area contributed by atoms with Crippen LogP contribution >= 0.6 is 0 Å². The van der Waals surface area contributed by atoms with E-state index < -0.39 is 36.1 Å². The van der Waals surface area contributed by atoms with E-state index in [0.717, 1.165) is 25.3 Å². The zero-order chi connectivity index (χ0) is 30.0. The summed E-state index contributed by atoms with van der Waals surface area (Å²) >= 11 is 0. The minimum atomic E-state index is -4.66. The van der Waals surface area contributed by atoms with Crippen LogP contribution in [0.1, 0.15) is 70.9 Å². The van der Waals surface area contributed by atoms with E-state index in [1.54, 1.807) is 22.2 Å². The SMILES string of the molecule is CCCCc1ncc(C(=O)NC(CC(=O)NO)Cc2ccccc2)n1Cc1ccc(C(=O)OC(C)C(F)(F)F)cc1. The molecule has 0 aliphatic rings. The first-order chi connectivity index (χ1) is 19.5. The van der Waals surface area contributed by atoms with Crippen molar-refractivity contribution in [2.75, 3.05) is 0 Å². The van der Waals surface area contributed by atoms with Crippen molar-refractivity contribution >= 4 is 17.8 Å². The van der Waals surface area contributed by atoms with Gasteiger partial charge in [-0.15, -0.1) is 0 Å². The molecule has 0 bridgehead atoms. The highest BCUT2D eigenvalue weighted by Gasteiger charge is 2.39. The Morgan fingerprint density at radius 3 is 2.34 bits per heavy atom. The first-order valence-corrected chi connectivity index (χ1v) is 13.2. The van der Waals surface area contributed by atoms with Gasteiger partial charge in [-0.2, -0.15) is 13.2 Å². The van der Waals surface area contributed by atoms with E-state index in [9.17, 15) is 27.6 Å². The summed E-state index contributed by atoms with van der Waals surface area (Å²) in [6, 6.07) is 14.5. The Hall–Kier alpha value is -4.19. The van der Waals surface area contributed by atoms with E-state index in [4.69, 9.17) is 5.21 Å². The summed E-state index contributed by atoms with van der Waals surface area (Å²) in [6.45, 7) is 2.99. The molecule has 0 radical (unpaired) electrons. The molecule has 12 heteroatoms. The van der Waals surface area contributed by atoms with Crippen molar-refractivity contribution in [2.24, 2.45) is 0 Å². The molecule has 0 saturated heterocycles. The van der Waals surface area contributed by atoms with Gasteiger partial charge in [0.1, 0.15) is 11.5 Å². The number of hydroxylamine groups is 1. The topological polar surface area (TPSA) is 123 Å². The maximum Gasteiger partial charge on any atom is 0.425 e. The van der Waals surface area contributed by atoms with Crippen molar-refractivity contribution in [3.8, 4) is 0 Å². The van der Waals surface area contributed by atoms with Crippen molar-refractivity contribution < 1.29 is 37.5 Å². The Labute approximate surface area is 235 Å². The average Bonchev–Trinajstić information content (AvgIpc) is 3.34. The first-order valence-electron chi connectivity index (χ1n) is 13.2. The third-order valence-electron chi connectivity index (χ3n) is 6.42. The van der Waals surface area contributed by atoms with Gasteiger partial charge < -0.3 is 14.6 Å². The van der Waals surface area contributed by atoms with Gasteiger partial charge in [0.15, 0.2) is 6.10 Å². The van der Waals surface area contributed by atoms with Crippen molar-refractivity contribution in [3.63, 3.8) is 0 Å². The van der Waals surface area contributed by atoms with Crippen LogP contribution in [0.25, 0.3) is 0 Å². The molecule has 41 heavy (non-hydrogen) atoms. The lowest BCUT2D eigenvalue weighted by Crippen LogP contribution is -2.41. The van der Waals surface area contributed by atoms with E-state index in [1.165, 1.54) is 18.3 Å². The number of aryl methyl sites for hydroxylation is 1. The van der Waals surface area contributed by atoms with Crippen LogP contribution in [0.5, 0.6) is 0 Å². The monoisotopic (exact) mass is 574 g/mol. The number of aromatic nitrogens is 2. The fourth-order valence-corrected chi connectivity index (χ4v) is 4.13. The molecular weight excluding hydrogens is 541 g/mol. The van der Waals surface area contributed by atoms with Gasteiger partial charge in [-0.1, -0.05) is 55.8 Å². The number of benzene rings is 2. The number of esters is 1. The fraction of sp³-hybridized carbons (Fsp3) is 0.379. The zero-order valence-electron chi connectivity index (χ0n) is 22.8. The molecule has 220 valence electrons. The molecule has 1 aromatic heterocycles. The van der Waals surface area contributed by atoms with Crippen molar-refractivity contribution in [1.82, 2.24) is 20.3 Å². The van der Waals surface area contributed by atoms with Gasteiger partial charge >= 0.3 is 12.1 Å². The molecule has 3 N–H and O–H groups in total. The Kier molecular flexibility index (Phi) is 11.0. The third-order valence-corrected chi connectivity index (χ3v) is 6.42. The number of unbranched alkanes of at least 4 members (excludes halogenated alkanes) is 1. The maximum absolute atomic E-state index is 13.4. The molecule has 3 aromatic rings. The van der Waals surface area contributed by atoms with Crippen LogP contribution in [0.4, 0.5) is 13.2 Å². The number of ether oxygens (including phenoxy) is 1. The molecule has 3 rings (SSSR count). The highest BCUT2D eigenvalue weighted by molar-refractivity contribution is 5.93. The molecule has 2 atom stereocenters. The second-order valence-electron chi connectivity index (χ2n) is 9.63. The van der Waals surface area contributed by atoms with Crippen LogP contribution in [0.15, 0.2) is 60.8 Å². The quantitative estimate of drug-likeness (QED) is 0.156. The predicted molar refractivity (Wildman–Crippen MR) is 143 cm³/mol. The molecule has 0 aliphatic carbocycles. The number of amides is 2. The number of rotatable bonds is 13. The highest BCUT2D eigenvalue weighted by Crippen LogP contribution is 2.23. The normalized spacial score (nSPS) is 12.8. The Bertz CT molecular complexity index is 1310. The third kappa shape index (κ3) is 9.17. The number of hydrogen-bond donors (Lipinski definition) is 3. The maximum atomic E-state index is 13.4. The van der Waals surface area contributed by atoms with Crippen molar-refractivity contribution in [1.29, 1.82) is 0 Å². The minimum Gasteiger partial charge on any atom is -0.449 e. The van der Waals surface area contributed by atoms with E-state index >= 15 is 0 Å². The van der Waals surface area contributed by atoms with E-state index in [0.29, 0.717) is 24.2 Å². The number of hydrogen-bond acceptors (Lipinski definition) is 6. The van der Waals surface area contributed by atoms with E-state index in [1.807, 2.05) is 37.3 Å². The Balaban J connectivity index is 1.81. The number of carbonyl (C=O) groups is 3. The lowest BCUT2D eigenvalue weighted by atomic mass is 10.0. The van der Waals surface area contributed by atoms with Gasteiger partial charge in [0, 0.05) is 25.4 Å². The molecular formula is C29H33F3N4O5. The summed E-state index contributed by atoms with van der Waals surface area (Å²) in [5.74, 6) is -1.55. The number of imidazole rings is 1.